The molecule has 0 fully saturated rings. The van der Waals surface area contributed by atoms with Gasteiger partial charge in [-0.2, -0.15) is 5.10 Å². The van der Waals surface area contributed by atoms with Crippen molar-refractivity contribution in [3.63, 3.8) is 0 Å². The Morgan fingerprint density at radius 3 is 2.67 bits per heavy atom. The van der Waals surface area contributed by atoms with E-state index < -0.39 is 0 Å². The number of carbonyl (C=O) groups excluding carboxylic acids is 1. The second-order valence-electron chi connectivity index (χ2n) is 4.95. The third kappa shape index (κ3) is 5.57. The molecule has 0 radical (unpaired) electrons. The third-order valence-electron chi connectivity index (χ3n) is 2.72. The number of hydrogen-bond acceptors (Lipinski definition) is 3. The number of benzene rings is 1. The molecule has 0 spiro atoms. The molecule has 0 aliphatic carbocycles. The van der Waals surface area contributed by atoms with E-state index in [0.717, 1.165) is 11.3 Å². The van der Waals surface area contributed by atoms with Gasteiger partial charge in [-0.3, -0.25) is 4.79 Å². The van der Waals surface area contributed by atoms with Crippen molar-refractivity contribution in [2.75, 3.05) is 6.54 Å². The van der Waals surface area contributed by atoms with Crippen LogP contribution in [0, 0.1) is 0 Å². The van der Waals surface area contributed by atoms with E-state index in [9.17, 15) is 4.79 Å². The van der Waals surface area contributed by atoms with E-state index in [1.807, 2.05) is 55.1 Å². The topological polar surface area (TPSA) is 59.0 Å². The summed E-state index contributed by atoms with van der Waals surface area (Å²) in [4.78, 5) is 11.5. The maximum atomic E-state index is 11.5. The molecule has 0 aliphatic heterocycles. The van der Waals surface area contributed by atoms with Gasteiger partial charge in [0.05, 0.1) is 18.4 Å². The number of carbonyl (C=O) groups is 1. The van der Waals surface area contributed by atoms with Gasteiger partial charge in [-0.15, -0.1) is 12.4 Å². The van der Waals surface area contributed by atoms with E-state index >= 15 is 0 Å². The third-order valence-corrected chi connectivity index (χ3v) is 2.72. The van der Waals surface area contributed by atoms with Crippen LogP contribution in [-0.4, -0.2) is 28.3 Å². The number of nitrogens with zero attached hydrogens (tertiary/aromatic N) is 2. The first-order valence-electron chi connectivity index (χ1n) is 6.74. The van der Waals surface area contributed by atoms with Crippen LogP contribution in [-0.2, 0) is 11.3 Å². The summed E-state index contributed by atoms with van der Waals surface area (Å²) in [6.07, 6.45) is 3.77. The lowest BCUT2D eigenvalue weighted by molar-refractivity contribution is -0.120. The highest BCUT2D eigenvalue weighted by Crippen LogP contribution is 2.07. The zero-order chi connectivity index (χ0) is 14.4. The first-order valence-corrected chi connectivity index (χ1v) is 6.74. The number of nitrogens with one attached hydrogen (secondary N) is 2. The fourth-order valence-corrected chi connectivity index (χ4v) is 1.87. The van der Waals surface area contributed by atoms with Crippen molar-refractivity contribution in [2.24, 2.45) is 0 Å². The average Bonchev–Trinajstić information content (AvgIpc) is 2.88. The summed E-state index contributed by atoms with van der Waals surface area (Å²) < 4.78 is 1.82. The molecule has 1 aromatic heterocycles. The minimum absolute atomic E-state index is 0. The van der Waals surface area contributed by atoms with Gasteiger partial charge in [-0.05, 0) is 26.0 Å². The van der Waals surface area contributed by atoms with Crippen molar-refractivity contribution in [1.29, 1.82) is 0 Å². The molecule has 2 rings (SSSR count). The van der Waals surface area contributed by atoms with Crippen molar-refractivity contribution in [3.05, 3.63) is 48.3 Å². The molecule has 1 aromatic carbocycles. The van der Waals surface area contributed by atoms with Crippen LogP contribution in [0.2, 0.25) is 0 Å². The number of halogens is 1. The van der Waals surface area contributed by atoms with Gasteiger partial charge in [0, 0.05) is 24.3 Å². The maximum absolute atomic E-state index is 11.5. The van der Waals surface area contributed by atoms with E-state index in [1.165, 1.54) is 0 Å². The number of rotatable bonds is 6. The Bertz CT molecular complexity index is 554. The zero-order valence-electron chi connectivity index (χ0n) is 12.2. The normalized spacial score (nSPS) is 10.2. The molecule has 6 heteroatoms. The quantitative estimate of drug-likeness (QED) is 0.857. The Hall–Kier alpha value is -1.85. The van der Waals surface area contributed by atoms with Crippen LogP contribution < -0.4 is 10.6 Å². The van der Waals surface area contributed by atoms with Crippen LogP contribution in [0.25, 0.3) is 5.69 Å². The highest BCUT2D eigenvalue weighted by molar-refractivity contribution is 5.85. The Morgan fingerprint density at radius 1 is 1.29 bits per heavy atom. The summed E-state index contributed by atoms with van der Waals surface area (Å²) in [7, 11) is 0. The number of para-hydroxylation sites is 1. The molecule has 0 bridgehead atoms. The van der Waals surface area contributed by atoms with Crippen LogP contribution in [0.1, 0.15) is 19.4 Å². The minimum Gasteiger partial charge on any atom is -0.353 e. The molecule has 1 heterocycles. The van der Waals surface area contributed by atoms with E-state index in [-0.39, 0.29) is 24.4 Å². The lowest BCUT2D eigenvalue weighted by Gasteiger charge is -2.08. The summed E-state index contributed by atoms with van der Waals surface area (Å²) in [5.41, 5.74) is 2.07. The molecule has 0 aliphatic rings. The molecule has 0 saturated carbocycles. The number of hydrogen-bond donors (Lipinski definition) is 2. The lowest BCUT2D eigenvalue weighted by Crippen LogP contribution is -2.37. The van der Waals surface area contributed by atoms with Gasteiger partial charge in [-0.1, -0.05) is 18.2 Å². The van der Waals surface area contributed by atoms with Crippen LogP contribution in [0.3, 0.4) is 0 Å². The van der Waals surface area contributed by atoms with Gasteiger partial charge in [0.2, 0.25) is 5.91 Å². The SMILES string of the molecule is CC(C)NC(=O)CNCc1cnn(-c2ccccc2)c1.Cl. The summed E-state index contributed by atoms with van der Waals surface area (Å²) in [6.45, 7) is 4.83. The van der Waals surface area contributed by atoms with E-state index in [0.29, 0.717) is 13.1 Å². The smallest absolute Gasteiger partial charge is 0.234 e. The predicted octanol–water partition coefficient (Wildman–Crippen LogP) is 1.91. The largest absolute Gasteiger partial charge is 0.353 e. The molecule has 1 amide bonds. The van der Waals surface area contributed by atoms with Crippen LogP contribution in [0.15, 0.2) is 42.7 Å². The van der Waals surface area contributed by atoms with Gasteiger partial charge in [0.1, 0.15) is 0 Å². The van der Waals surface area contributed by atoms with Gasteiger partial charge in [-0.25, -0.2) is 4.68 Å². The van der Waals surface area contributed by atoms with E-state index in [1.54, 1.807) is 6.20 Å². The monoisotopic (exact) mass is 308 g/mol. The molecule has 114 valence electrons. The fraction of sp³-hybridized carbons (Fsp3) is 0.333. The Labute approximate surface area is 131 Å². The molecule has 0 saturated heterocycles. The first-order chi connectivity index (χ1) is 9.65. The summed E-state index contributed by atoms with van der Waals surface area (Å²) in [6, 6.07) is 10.1. The zero-order valence-corrected chi connectivity index (χ0v) is 13.1. The Morgan fingerprint density at radius 2 is 2.00 bits per heavy atom. The predicted molar refractivity (Wildman–Crippen MR) is 85.8 cm³/mol. The molecule has 2 aromatic rings. The maximum Gasteiger partial charge on any atom is 0.234 e. The van der Waals surface area contributed by atoms with Crippen LogP contribution >= 0.6 is 12.4 Å². The second kappa shape index (κ2) is 8.44. The molecule has 2 N–H and O–H groups in total. The molecule has 5 nitrogen and oxygen atoms in total. The second-order valence-corrected chi connectivity index (χ2v) is 4.95. The van der Waals surface area contributed by atoms with E-state index in [4.69, 9.17) is 0 Å². The molecule has 0 atom stereocenters. The van der Waals surface area contributed by atoms with Crippen molar-refractivity contribution in [3.8, 4) is 5.69 Å². The average molecular weight is 309 g/mol. The Balaban J connectivity index is 0.00000220. The lowest BCUT2D eigenvalue weighted by atomic mass is 10.3. The Kier molecular flexibility index (Phi) is 6.91. The number of aromatic nitrogens is 2. The van der Waals surface area contributed by atoms with E-state index in [2.05, 4.69) is 15.7 Å². The van der Waals surface area contributed by atoms with Crippen molar-refractivity contribution >= 4 is 18.3 Å². The molecule has 21 heavy (non-hydrogen) atoms. The highest BCUT2D eigenvalue weighted by Gasteiger charge is 2.04. The molecule has 0 unspecified atom stereocenters. The molecular formula is C15H21ClN4O. The number of amides is 1. The van der Waals surface area contributed by atoms with Gasteiger partial charge < -0.3 is 10.6 Å². The summed E-state index contributed by atoms with van der Waals surface area (Å²) in [5.74, 6) is 0.00968. The highest BCUT2D eigenvalue weighted by atomic mass is 35.5. The van der Waals surface area contributed by atoms with Crippen LogP contribution in [0.4, 0.5) is 0 Å². The minimum atomic E-state index is 0. The van der Waals surface area contributed by atoms with Crippen molar-refractivity contribution < 1.29 is 4.79 Å². The van der Waals surface area contributed by atoms with Gasteiger partial charge >= 0.3 is 0 Å². The summed E-state index contributed by atoms with van der Waals surface area (Å²) >= 11 is 0. The van der Waals surface area contributed by atoms with Gasteiger partial charge in [0.15, 0.2) is 0 Å². The molecular weight excluding hydrogens is 288 g/mol. The first kappa shape index (κ1) is 17.2. The van der Waals surface area contributed by atoms with Crippen molar-refractivity contribution in [2.45, 2.75) is 26.4 Å². The fourth-order valence-electron chi connectivity index (χ4n) is 1.87. The standard InChI is InChI=1S/C15H20N4O.ClH/c1-12(2)18-15(20)10-16-8-13-9-17-19(11-13)14-6-4-3-5-7-14;/h3-7,9,11-12,16H,8,10H2,1-2H3,(H,18,20);1H. The van der Waals surface area contributed by atoms with Crippen molar-refractivity contribution in [1.82, 2.24) is 20.4 Å². The summed E-state index contributed by atoms with van der Waals surface area (Å²) in [5, 5.41) is 10.3. The van der Waals surface area contributed by atoms with Crippen LogP contribution in [0.5, 0.6) is 0 Å². The van der Waals surface area contributed by atoms with Gasteiger partial charge in [0.25, 0.3) is 0 Å².